The van der Waals surface area contributed by atoms with Crippen molar-refractivity contribution in [3.8, 4) is 0 Å². The molecule has 1 heterocycles. The molecule has 0 aliphatic carbocycles. The first-order chi connectivity index (χ1) is 9.01. The third-order valence-corrected chi connectivity index (χ3v) is 3.22. The molecule has 2 rings (SSSR count). The number of benzene rings is 1. The molecular weight excluding hydrogens is 290 g/mol. The van der Waals surface area contributed by atoms with Crippen LogP contribution in [0.2, 0.25) is 0 Å². The molecule has 4 nitrogen and oxygen atoms in total. The zero-order valence-corrected chi connectivity index (χ0v) is 11.6. The molecule has 112 valence electrons. The maximum Gasteiger partial charge on any atom is 0.259 e. The third-order valence-electron chi connectivity index (χ3n) is 3.22. The predicted octanol–water partition coefficient (Wildman–Crippen LogP) is 1.10. The number of carbonyl (C=O) groups excluding carboxylic acids is 1. The minimum atomic E-state index is -1.90. The number of carbonyl (C=O) groups is 1. The summed E-state index contributed by atoms with van der Waals surface area (Å²) in [6.45, 7) is 0.353. The molecule has 7 heteroatoms. The lowest BCUT2D eigenvalue weighted by Gasteiger charge is -2.19. The summed E-state index contributed by atoms with van der Waals surface area (Å²) in [7, 11) is 0. The normalized spacial score (nSPS) is 22.9. The molecule has 20 heavy (non-hydrogen) atoms. The van der Waals surface area contributed by atoms with E-state index in [1.165, 1.54) is 24.3 Å². The summed E-state index contributed by atoms with van der Waals surface area (Å²) in [6, 6.07) is 5.29. The highest BCUT2D eigenvalue weighted by molar-refractivity contribution is 5.86. The summed E-state index contributed by atoms with van der Waals surface area (Å²) < 4.78 is 26.7. The monoisotopic (exact) mass is 306 g/mol. The highest BCUT2D eigenvalue weighted by atomic mass is 35.5. The third kappa shape index (κ3) is 3.88. The van der Waals surface area contributed by atoms with Crippen molar-refractivity contribution in [2.75, 3.05) is 19.6 Å². The van der Waals surface area contributed by atoms with Crippen LogP contribution in [-0.4, -0.2) is 36.3 Å². The van der Waals surface area contributed by atoms with E-state index >= 15 is 0 Å². The van der Waals surface area contributed by atoms with Gasteiger partial charge in [0.15, 0.2) is 0 Å². The number of alkyl halides is 1. The molecule has 1 saturated heterocycles. The van der Waals surface area contributed by atoms with Gasteiger partial charge in [0.05, 0.1) is 6.10 Å². The zero-order valence-electron chi connectivity index (χ0n) is 10.7. The van der Waals surface area contributed by atoms with E-state index in [9.17, 15) is 18.7 Å². The second-order valence-corrected chi connectivity index (χ2v) is 4.67. The number of aliphatic hydroxyl groups is 1. The van der Waals surface area contributed by atoms with Gasteiger partial charge in [0.1, 0.15) is 5.82 Å². The van der Waals surface area contributed by atoms with Crippen LogP contribution in [0, 0.1) is 5.82 Å². The van der Waals surface area contributed by atoms with Crippen molar-refractivity contribution in [2.45, 2.75) is 18.2 Å². The molecule has 3 N–H and O–H groups in total. The molecule has 1 aliphatic rings. The van der Waals surface area contributed by atoms with Crippen molar-refractivity contribution < 1.29 is 18.7 Å². The van der Waals surface area contributed by atoms with Crippen molar-refractivity contribution in [1.82, 2.24) is 10.6 Å². The Balaban J connectivity index is 0.00000200. The van der Waals surface area contributed by atoms with Gasteiger partial charge >= 0.3 is 0 Å². The van der Waals surface area contributed by atoms with Crippen molar-refractivity contribution >= 4 is 18.3 Å². The topological polar surface area (TPSA) is 61.4 Å². The second kappa shape index (κ2) is 6.97. The highest BCUT2D eigenvalue weighted by Crippen LogP contribution is 2.20. The summed E-state index contributed by atoms with van der Waals surface area (Å²) in [4.78, 5) is 11.7. The lowest BCUT2D eigenvalue weighted by atomic mass is 10.0. The Morgan fingerprint density at radius 1 is 1.45 bits per heavy atom. The van der Waals surface area contributed by atoms with Crippen LogP contribution in [0.1, 0.15) is 18.1 Å². The molecule has 0 bridgehead atoms. The first-order valence-electron chi connectivity index (χ1n) is 6.13. The lowest BCUT2D eigenvalue weighted by Crippen LogP contribution is -2.46. The number of nitrogens with one attached hydrogen (secondary N) is 2. The molecule has 0 aromatic heterocycles. The maximum atomic E-state index is 14.0. The fourth-order valence-corrected chi connectivity index (χ4v) is 2.01. The van der Waals surface area contributed by atoms with Crippen LogP contribution in [0.3, 0.4) is 0 Å². The van der Waals surface area contributed by atoms with Crippen LogP contribution in [0.5, 0.6) is 0 Å². The van der Waals surface area contributed by atoms with Gasteiger partial charge in [-0.25, -0.2) is 8.78 Å². The Kier molecular flexibility index (Phi) is 5.86. The van der Waals surface area contributed by atoms with Gasteiger partial charge < -0.3 is 15.7 Å². The van der Waals surface area contributed by atoms with Gasteiger partial charge in [-0.05, 0) is 24.2 Å². The molecule has 0 saturated carbocycles. The van der Waals surface area contributed by atoms with E-state index in [0.717, 1.165) is 0 Å². The molecular formula is C13H17ClF2N2O2. The lowest BCUT2D eigenvalue weighted by molar-refractivity contribution is -0.132. The Bertz CT molecular complexity index is 450. The minimum absolute atomic E-state index is 0. The smallest absolute Gasteiger partial charge is 0.259 e. The quantitative estimate of drug-likeness (QED) is 0.780. The van der Waals surface area contributed by atoms with E-state index in [4.69, 9.17) is 0 Å². The fourth-order valence-electron chi connectivity index (χ4n) is 2.01. The number of halogens is 3. The Morgan fingerprint density at radius 2 is 2.10 bits per heavy atom. The summed E-state index contributed by atoms with van der Waals surface area (Å²) in [5, 5.41) is 15.0. The van der Waals surface area contributed by atoms with Gasteiger partial charge in [0.2, 0.25) is 5.67 Å². The van der Waals surface area contributed by atoms with Crippen LogP contribution < -0.4 is 10.6 Å². The summed E-state index contributed by atoms with van der Waals surface area (Å²) in [6.07, 6.45) is -0.853. The predicted molar refractivity (Wildman–Crippen MR) is 72.9 cm³/mol. The van der Waals surface area contributed by atoms with E-state index in [2.05, 4.69) is 10.6 Å². The average Bonchev–Trinajstić information content (AvgIpc) is 2.84. The Morgan fingerprint density at radius 3 is 2.65 bits per heavy atom. The van der Waals surface area contributed by atoms with E-state index in [1.54, 1.807) is 0 Å². The number of amides is 1. The van der Waals surface area contributed by atoms with E-state index < -0.39 is 23.5 Å². The largest absolute Gasteiger partial charge is 0.387 e. The molecule has 2 unspecified atom stereocenters. The Hall–Kier alpha value is -1.24. The summed E-state index contributed by atoms with van der Waals surface area (Å²) in [5.74, 6) is -1.13. The number of aliphatic hydroxyl groups excluding tert-OH is 1. The molecule has 0 radical (unpaired) electrons. The first-order valence-corrected chi connectivity index (χ1v) is 6.13. The van der Waals surface area contributed by atoms with Gasteiger partial charge in [-0.3, -0.25) is 4.79 Å². The average molecular weight is 307 g/mol. The number of hydrogen-bond acceptors (Lipinski definition) is 3. The molecule has 1 aromatic rings. The number of hydrogen-bond donors (Lipinski definition) is 3. The minimum Gasteiger partial charge on any atom is -0.387 e. The van der Waals surface area contributed by atoms with Gasteiger partial charge in [-0.2, -0.15) is 0 Å². The summed E-state index contributed by atoms with van der Waals surface area (Å²) in [5.41, 5.74) is -1.43. The van der Waals surface area contributed by atoms with Gasteiger partial charge in [0, 0.05) is 19.5 Å². The van der Waals surface area contributed by atoms with E-state index in [1.807, 2.05) is 0 Å². The molecule has 1 fully saturated rings. The van der Waals surface area contributed by atoms with E-state index in [0.29, 0.717) is 12.1 Å². The van der Waals surface area contributed by atoms with E-state index in [-0.39, 0.29) is 31.9 Å². The van der Waals surface area contributed by atoms with Crippen molar-refractivity contribution in [2.24, 2.45) is 0 Å². The van der Waals surface area contributed by atoms with Crippen molar-refractivity contribution in [1.29, 1.82) is 0 Å². The highest BCUT2D eigenvalue weighted by Gasteiger charge is 2.41. The fraction of sp³-hybridized carbons (Fsp3) is 0.462. The Labute approximate surface area is 122 Å². The number of rotatable bonds is 4. The second-order valence-electron chi connectivity index (χ2n) is 4.67. The van der Waals surface area contributed by atoms with Gasteiger partial charge in [-0.15, -0.1) is 12.4 Å². The standard InChI is InChI=1S/C13H16F2N2O2.ClH/c14-10-3-1-9(2-4-10)11(18)7-17-12(19)13(15)5-6-16-8-13;/h1-4,11,16,18H,5-8H2,(H,17,19);1H. The molecule has 2 atom stereocenters. The maximum absolute atomic E-state index is 14.0. The summed E-state index contributed by atoms with van der Waals surface area (Å²) >= 11 is 0. The molecule has 1 amide bonds. The van der Waals surface area contributed by atoms with Crippen molar-refractivity contribution in [3.63, 3.8) is 0 Å². The van der Waals surface area contributed by atoms with Crippen molar-refractivity contribution in [3.05, 3.63) is 35.6 Å². The van der Waals surface area contributed by atoms with Crippen LogP contribution in [-0.2, 0) is 4.79 Å². The molecule has 1 aliphatic heterocycles. The molecule has 1 aromatic carbocycles. The van der Waals surface area contributed by atoms with Crippen LogP contribution >= 0.6 is 12.4 Å². The SMILES string of the molecule is Cl.O=C(NCC(O)c1ccc(F)cc1)C1(F)CCNC1. The van der Waals surface area contributed by atoms with Crippen LogP contribution in [0.25, 0.3) is 0 Å². The first kappa shape index (κ1) is 16.8. The zero-order chi connectivity index (χ0) is 13.9. The van der Waals surface area contributed by atoms with Gasteiger partial charge in [-0.1, -0.05) is 12.1 Å². The van der Waals surface area contributed by atoms with Gasteiger partial charge in [0.25, 0.3) is 5.91 Å². The molecule has 0 spiro atoms. The van der Waals surface area contributed by atoms with Crippen LogP contribution in [0.4, 0.5) is 8.78 Å². The van der Waals surface area contributed by atoms with Crippen LogP contribution in [0.15, 0.2) is 24.3 Å².